The van der Waals surface area contributed by atoms with Crippen LogP contribution in [0, 0.1) is 0 Å². The molecule has 0 saturated heterocycles. The molecule has 1 aromatic heterocycles. The fourth-order valence-electron chi connectivity index (χ4n) is 2.58. The largest absolute Gasteiger partial charge is 0.497 e. The van der Waals surface area contributed by atoms with E-state index < -0.39 is 0 Å². The van der Waals surface area contributed by atoms with Gasteiger partial charge in [-0.15, -0.1) is 5.10 Å². The summed E-state index contributed by atoms with van der Waals surface area (Å²) in [5.74, 6) is 2.56. The fourth-order valence-corrected chi connectivity index (χ4v) is 2.58. The van der Waals surface area contributed by atoms with Gasteiger partial charge in [-0.05, 0) is 23.4 Å². The Bertz CT molecular complexity index is 628. The van der Waals surface area contributed by atoms with E-state index in [2.05, 4.69) is 27.3 Å². The third-order valence-electron chi connectivity index (χ3n) is 3.86. The molecule has 1 aromatic carbocycles. The van der Waals surface area contributed by atoms with Crippen LogP contribution in [0.4, 0.5) is 0 Å². The van der Waals surface area contributed by atoms with E-state index in [1.165, 1.54) is 0 Å². The number of aryl methyl sites for hydroxylation is 1. The van der Waals surface area contributed by atoms with Crippen molar-refractivity contribution in [3.63, 3.8) is 0 Å². The van der Waals surface area contributed by atoms with Crippen molar-refractivity contribution < 1.29 is 9.47 Å². The summed E-state index contributed by atoms with van der Waals surface area (Å²) < 4.78 is 12.8. The number of hydrogen-bond acceptors (Lipinski definition) is 6. The van der Waals surface area contributed by atoms with Gasteiger partial charge in [-0.25, -0.2) is 4.68 Å². The topological polar surface area (TPSA) is 65.3 Å². The first kappa shape index (κ1) is 13.8. The predicted octanol–water partition coefficient (Wildman–Crippen LogP) is 1.17. The Balaban J connectivity index is 1.84. The Kier molecular flexibility index (Phi) is 3.74. The molecule has 0 aliphatic carbocycles. The zero-order valence-corrected chi connectivity index (χ0v) is 12.5. The zero-order chi connectivity index (χ0) is 14.8. The minimum Gasteiger partial charge on any atom is -0.497 e. The highest BCUT2D eigenvalue weighted by molar-refractivity contribution is 5.41. The van der Waals surface area contributed by atoms with Gasteiger partial charge >= 0.3 is 0 Å². The van der Waals surface area contributed by atoms with Crippen molar-refractivity contribution in [2.45, 2.75) is 19.5 Å². The smallest absolute Gasteiger partial charge is 0.167 e. The van der Waals surface area contributed by atoms with Crippen LogP contribution in [0.25, 0.3) is 0 Å². The molecule has 0 N–H and O–H groups in total. The van der Waals surface area contributed by atoms with Crippen LogP contribution in [0.1, 0.15) is 24.4 Å². The lowest BCUT2D eigenvalue weighted by atomic mass is 10.1. The van der Waals surface area contributed by atoms with Crippen LogP contribution in [-0.2, 0) is 13.6 Å². The van der Waals surface area contributed by atoms with E-state index in [0.717, 1.165) is 36.0 Å². The minimum absolute atomic E-state index is 0.127. The van der Waals surface area contributed by atoms with Gasteiger partial charge in [0.25, 0.3) is 0 Å². The monoisotopic (exact) mass is 289 g/mol. The van der Waals surface area contributed by atoms with Gasteiger partial charge in [0.15, 0.2) is 5.82 Å². The number of nitrogens with zero attached hydrogens (tertiary/aromatic N) is 5. The molecule has 1 aliphatic rings. The molecule has 0 fully saturated rings. The summed E-state index contributed by atoms with van der Waals surface area (Å²) in [6, 6.07) is 6.07. The maximum absolute atomic E-state index is 5.84. The lowest BCUT2D eigenvalue weighted by molar-refractivity contribution is 0.171. The number of hydrogen-bond donors (Lipinski definition) is 0. The van der Waals surface area contributed by atoms with Crippen LogP contribution in [-0.4, -0.2) is 45.4 Å². The number of tetrazole rings is 1. The molecule has 3 rings (SSSR count). The predicted molar refractivity (Wildman–Crippen MR) is 76.1 cm³/mol. The van der Waals surface area contributed by atoms with E-state index in [1.807, 2.05) is 25.2 Å². The highest BCUT2D eigenvalue weighted by Gasteiger charge is 2.24. The Hall–Kier alpha value is -2.15. The summed E-state index contributed by atoms with van der Waals surface area (Å²) >= 11 is 0. The second-order valence-corrected chi connectivity index (χ2v) is 5.13. The van der Waals surface area contributed by atoms with E-state index in [-0.39, 0.29) is 6.04 Å². The lowest BCUT2D eigenvalue weighted by Gasteiger charge is -2.25. The van der Waals surface area contributed by atoms with E-state index in [9.17, 15) is 0 Å². The molecule has 0 bridgehead atoms. The molecule has 1 atom stereocenters. The first-order valence-electron chi connectivity index (χ1n) is 6.95. The molecule has 2 aromatic rings. The lowest BCUT2D eigenvalue weighted by Crippen LogP contribution is -2.30. The van der Waals surface area contributed by atoms with E-state index in [1.54, 1.807) is 11.8 Å². The Labute approximate surface area is 123 Å². The number of aromatic nitrogens is 4. The van der Waals surface area contributed by atoms with Gasteiger partial charge in [-0.2, -0.15) is 0 Å². The Morgan fingerprint density at radius 3 is 2.95 bits per heavy atom. The molecular formula is C14H19N5O2. The number of methoxy groups -OCH3 is 1. The average molecular weight is 289 g/mol. The molecule has 0 radical (unpaired) electrons. The molecule has 21 heavy (non-hydrogen) atoms. The van der Waals surface area contributed by atoms with Crippen LogP contribution < -0.4 is 9.47 Å². The van der Waals surface area contributed by atoms with Crippen LogP contribution >= 0.6 is 0 Å². The molecule has 1 unspecified atom stereocenters. The molecule has 112 valence electrons. The van der Waals surface area contributed by atoms with E-state index in [4.69, 9.17) is 9.47 Å². The number of rotatable bonds is 3. The van der Waals surface area contributed by atoms with Crippen molar-refractivity contribution in [2.75, 3.05) is 20.3 Å². The van der Waals surface area contributed by atoms with Crippen molar-refractivity contribution >= 4 is 0 Å². The van der Waals surface area contributed by atoms with E-state index >= 15 is 0 Å². The summed E-state index contributed by atoms with van der Waals surface area (Å²) in [4.78, 5) is 2.31. The van der Waals surface area contributed by atoms with Gasteiger partial charge in [0.05, 0.1) is 13.2 Å². The van der Waals surface area contributed by atoms with Gasteiger partial charge in [-0.1, -0.05) is 6.07 Å². The van der Waals surface area contributed by atoms with Crippen LogP contribution in [0.3, 0.4) is 0 Å². The Morgan fingerprint density at radius 2 is 2.24 bits per heavy atom. The first-order chi connectivity index (χ1) is 10.2. The van der Waals surface area contributed by atoms with Crippen LogP contribution in [0.5, 0.6) is 11.5 Å². The first-order valence-corrected chi connectivity index (χ1v) is 6.95. The quantitative estimate of drug-likeness (QED) is 0.845. The second kappa shape index (κ2) is 5.69. The van der Waals surface area contributed by atoms with Gasteiger partial charge in [0.2, 0.25) is 0 Å². The van der Waals surface area contributed by atoms with E-state index in [0.29, 0.717) is 6.61 Å². The molecule has 2 heterocycles. The molecule has 7 heteroatoms. The summed E-state index contributed by atoms with van der Waals surface area (Å²) in [5.41, 5.74) is 1.15. The summed E-state index contributed by atoms with van der Waals surface area (Å²) in [6.07, 6.45) is 0. The normalized spacial score (nSPS) is 16.7. The summed E-state index contributed by atoms with van der Waals surface area (Å²) in [7, 11) is 3.52. The Morgan fingerprint density at radius 1 is 1.38 bits per heavy atom. The zero-order valence-electron chi connectivity index (χ0n) is 12.5. The fraction of sp³-hybridized carbons (Fsp3) is 0.500. The molecule has 1 aliphatic heterocycles. The summed E-state index contributed by atoms with van der Waals surface area (Å²) in [5, 5.41) is 11.7. The SMILES string of the molecule is COc1ccc2c(c1)OCCN(C(C)c1nnnn1C)C2. The molecule has 0 saturated carbocycles. The second-order valence-electron chi connectivity index (χ2n) is 5.13. The maximum atomic E-state index is 5.84. The minimum atomic E-state index is 0.127. The highest BCUT2D eigenvalue weighted by Crippen LogP contribution is 2.30. The molecule has 7 nitrogen and oxygen atoms in total. The molecular weight excluding hydrogens is 270 g/mol. The number of fused-ring (bicyclic) bond motifs is 1. The molecule has 0 spiro atoms. The number of benzene rings is 1. The maximum Gasteiger partial charge on any atom is 0.167 e. The third-order valence-corrected chi connectivity index (χ3v) is 3.86. The van der Waals surface area contributed by atoms with Gasteiger partial charge in [0, 0.05) is 31.8 Å². The average Bonchev–Trinajstić information content (AvgIpc) is 2.81. The van der Waals surface area contributed by atoms with Crippen LogP contribution in [0.2, 0.25) is 0 Å². The van der Waals surface area contributed by atoms with Crippen molar-refractivity contribution in [2.24, 2.45) is 7.05 Å². The van der Waals surface area contributed by atoms with Crippen molar-refractivity contribution in [1.82, 2.24) is 25.1 Å². The van der Waals surface area contributed by atoms with Gasteiger partial charge in [-0.3, -0.25) is 4.90 Å². The van der Waals surface area contributed by atoms with Gasteiger partial charge in [0.1, 0.15) is 18.1 Å². The standard InChI is InChI=1S/C14H19N5O2/c1-10(14-15-16-17-18(14)2)19-6-7-21-13-8-12(20-3)5-4-11(13)9-19/h4-5,8,10H,6-7,9H2,1-3H3. The third kappa shape index (κ3) is 2.69. The molecule has 0 amide bonds. The van der Waals surface area contributed by atoms with Crippen molar-refractivity contribution in [1.29, 1.82) is 0 Å². The highest BCUT2D eigenvalue weighted by atomic mass is 16.5. The summed E-state index contributed by atoms with van der Waals surface area (Å²) in [6.45, 7) is 4.37. The number of ether oxygens (including phenoxy) is 2. The van der Waals surface area contributed by atoms with Gasteiger partial charge < -0.3 is 9.47 Å². The van der Waals surface area contributed by atoms with Crippen LogP contribution in [0.15, 0.2) is 18.2 Å². The van der Waals surface area contributed by atoms with Crippen molar-refractivity contribution in [3.05, 3.63) is 29.6 Å². The van der Waals surface area contributed by atoms with Crippen molar-refractivity contribution in [3.8, 4) is 11.5 Å².